The van der Waals surface area contributed by atoms with Gasteiger partial charge in [0.25, 0.3) is 5.91 Å². The van der Waals surface area contributed by atoms with E-state index in [0.29, 0.717) is 17.1 Å². The quantitative estimate of drug-likeness (QED) is 0.590. The Kier molecular flexibility index (Phi) is 6.22. The average Bonchev–Trinajstić information content (AvgIpc) is 3.12. The van der Waals surface area contributed by atoms with Gasteiger partial charge in [-0.05, 0) is 42.8 Å². The summed E-state index contributed by atoms with van der Waals surface area (Å²) >= 11 is 0. The average molecular weight is 345 g/mol. The molecule has 0 fully saturated rings. The standard InChI is InChI=1S/C18H19NO6/c1-12(18(22)19-11-14-4-3-9-24-14)25-17(21)8-6-13-5-7-15(20)16(10-13)23-2/h3-10,12,20H,11H2,1-2H3,(H,19,22)/b8-6+/t12-/m0/s1. The van der Waals surface area contributed by atoms with Crippen LogP contribution in [0.3, 0.4) is 0 Å². The zero-order valence-corrected chi connectivity index (χ0v) is 13.9. The summed E-state index contributed by atoms with van der Waals surface area (Å²) < 4.78 is 15.1. The molecule has 132 valence electrons. The number of aromatic hydroxyl groups is 1. The van der Waals surface area contributed by atoms with E-state index >= 15 is 0 Å². The minimum Gasteiger partial charge on any atom is -0.504 e. The SMILES string of the molecule is COc1cc(/C=C/C(=O)O[C@@H](C)C(=O)NCc2ccco2)ccc1O. The minimum absolute atomic E-state index is 0.00377. The predicted molar refractivity (Wildman–Crippen MR) is 89.8 cm³/mol. The number of hydrogen-bond acceptors (Lipinski definition) is 6. The van der Waals surface area contributed by atoms with E-state index in [4.69, 9.17) is 13.9 Å². The Morgan fingerprint density at radius 2 is 2.16 bits per heavy atom. The minimum atomic E-state index is -0.943. The zero-order valence-electron chi connectivity index (χ0n) is 13.9. The van der Waals surface area contributed by atoms with Crippen molar-refractivity contribution in [2.75, 3.05) is 7.11 Å². The van der Waals surface area contributed by atoms with Gasteiger partial charge in [0.2, 0.25) is 0 Å². The van der Waals surface area contributed by atoms with Gasteiger partial charge < -0.3 is 24.3 Å². The Balaban J connectivity index is 1.85. The van der Waals surface area contributed by atoms with Crippen LogP contribution >= 0.6 is 0 Å². The van der Waals surface area contributed by atoms with Crippen molar-refractivity contribution in [1.82, 2.24) is 5.32 Å². The first-order valence-electron chi connectivity index (χ1n) is 7.55. The van der Waals surface area contributed by atoms with Crippen molar-refractivity contribution in [3.8, 4) is 11.5 Å². The second-order valence-electron chi connectivity index (χ2n) is 5.14. The molecular formula is C18H19NO6. The van der Waals surface area contributed by atoms with E-state index in [1.54, 1.807) is 24.3 Å². The Morgan fingerprint density at radius 1 is 1.36 bits per heavy atom. The molecule has 1 atom stereocenters. The normalized spacial score (nSPS) is 11.9. The van der Waals surface area contributed by atoms with Gasteiger partial charge in [-0.25, -0.2) is 4.79 Å². The number of benzene rings is 1. The van der Waals surface area contributed by atoms with E-state index in [1.807, 2.05) is 0 Å². The number of amides is 1. The fraction of sp³-hybridized carbons (Fsp3) is 0.222. The molecule has 0 aliphatic rings. The van der Waals surface area contributed by atoms with Crippen LogP contribution in [0.4, 0.5) is 0 Å². The first-order valence-corrected chi connectivity index (χ1v) is 7.55. The molecule has 1 aromatic heterocycles. The maximum atomic E-state index is 11.9. The van der Waals surface area contributed by atoms with Crippen molar-refractivity contribution in [2.24, 2.45) is 0 Å². The zero-order chi connectivity index (χ0) is 18.2. The van der Waals surface area contributed by atoms with E-state index in [-0.39, 0.29) is 12.3 Å². The molecule has 0 bridgehead atoms. The number of methoxy groups -OCH3 is 1. The number of esters is 1. The lowest BCUT2D eigenvalue weighted by Crippen LogP contribution is -2.35. The molecule has 0 unspecified atom stereocenters. The molecule has 0 saturated heterocycles. The number of hydrogen-bond donors (Lipinski definition) is 2. The fourth-order valence-electron chi connectivity index (χ4n) is 1.96. The van der Waals surface area contributed by atoms with Crippen molar-refractivity contribution in [3.05, 3.63) is 54.0 Å². The molecule has 2 N–H and O–H groups in total. The van der Waals surface area contributed by atoms with E-state index in [0.717, 1.165) is 0 Å². The summed E-state index contributed by atoms with van der Waals surface area (Å²) in [5.74, 6) is -0.185. The van der Waals surface area contributed by atoms with Gasteiger partial charge >= 0.3 is 5.97 Å². The summed E-state index contributed by atoms with van der Waals surface area (Å²) in [6.45, 7) is 1.70. The topological polar surface area (TPSA) is 98.0 Å². The van der Waals surface area contributed by atoms with E-state index in [9.17, 15) is 14.7 Å². The third-order valence-electron chi connectivity index (χ3n) is 3.29. The highest BCUT2D eigenvalue weighted by molar-refractivity contribution is 5.90. The molecule has 0 aliphatic heterocycles. The molecule has 1 amide bonds. The van der Waals surface area contributed by atoms with Crippen LogP contribution in [0.15, 0.2) is 47.1 Å². The van der Waals surface area contributed by atoms with Gasteiger partial charge in [-0.1, -0.05) is 6.07 Å². The van der Waals surface area contributed by atoms with Gasteiger partial charge in [0, 0.05) is 6.08 Å². The molecule has 2 rings (SSSR count). The van der Waals surface area contributed by atoms with Gasteiger partial charge in [-0.15, -0.1) is 0 Å². The number of ether oxygens (including phenoxy) is 2. The van der Waals surface area contributed by atoms with Crippen molar-refractivity contribution in [3.63, 3.8) is 0 Å². The second kappa shape index (κ2) is 8.58. The summed E-state index contributed by atoms with van der Waals surface area (Å²) in [6, 6.07) is 8.08. The van der Waals surface area contributed by atoms with E-state index in [2.05, 4.69) is 5.32 Å². The van der Waals surface area contributed by atoms with Crippen LogP contribution in [0.1, 0.15) is 18.2 Å². The summed E-state index contributed by atoms with van der Waals surface area (Å²) in [7, 11) is 1.43. The van der Waals surface area contributed by atoms with Gasteiger partial charge in [0.05, 0.1) is 19.9 Å². The summed E-state index contributed by atoms with van der Waals surface area (Å²) in [6.07, 6.45) is 3.26. The van der Waals surface area contributed by atoms with Crippen LogP contribution in [-0.2, 0) is 20.9 Å². The Hall–Kier alpha value is -3.22. The molecule has 0 spiro atoms. The first-order chi connectivity index (χ1) is 12.0. The number of carbonyl (C=O) groups excluding carboxylic acids is 2. The number of furan rings is 1. The van der Waals surface area contributed by atoms with Gasteiger partial charge in [-0.3, -0.25) is 4.79 Å². The van der Waals surface area contributed by atoms with Crippen molar-refractivity contribution in [2.45, 2.75) is 19.6 Å². The van der Waals surface area contributed by atoms with E-state index < -0.39 is 18.0 Å². The van der Waals surface area contributed by atoms with Gasteiger partial charge in [0.15, 0.2) is 17.6 Å². The smallest absolute Gasteiger partial charge is 0.331 e. The molecule has 2 aromatic rings. The van der Waals surface area contributed by atoms with Crippen LogP contribution < -0.4 is 10.1 Å². The molecule has 0 aliphatic carbocycles. The van der Waals surface area contributed by atoms with Crippen LogP contribution in [0, 0.1) is 0 Å². The highest BCUT2D eigenvalue weighted by Crippen LogP contribution is 2.26. The lowest BCUT2D eigenvalue weighted by molar-refractivity contribution is -0.150. The molecule has 1 aromatic carbocycles. The number of rotatable bonds is 7. The van der Waals surface area contributed by atoms with Crippen LogP contribution in [0.25, 0.3) is 6.08 Å². The van der Waals surface area contributed by atoms with E-state index in [1.165, 1.54) is 38.5 Å². The van der Waals surface area contributed by atoms with Gasteiger partial charge in [0.1, 0.15) is 5.76 Å². The fourth-order valence-corrected chi connectivity index (χ4v) is 1.96. The maximum Gasteiger partial charge on any atom is 0.331 e. The highest BCUT2D eigenvalue weighted by atomic mass is 16.5. The number of phenolic OH excluding ortho intramolecular Hbond substituents is 1. The van der Waals surface area contributed by atoms with Crippen molar-refractivity contribution < 1.29 is 28.6 Å². The van der Waals surface area contributed by atoms with Crippen molar-refractivity contribution >= 4 is 18.0 Å². The Bertz CT molecular complexity index is 751. The molecule has 25 heavy (non-hydrogen) atoms. The van der Waals surface area contributed by atoms with Crippen LogP contribution in [-0.4, -0.2) is 30.2 Å². The molecular weight excluding hydrogens is 326 g/mol. The third-order valence-corrected chi connectivity index (χ3v) is 3.29. The highest BCUT2D eigenvalue weighted by Gasteiger charge is 2.16. The first kappa shape index (κ1) is 18.1. The summed E-state index contributed by atoms with van der Waals surface area (Å²) in [4.78, 5) is 23.7. The Labute approximate surface area is 144 Å². The monoisotopic (exact) mass is 345 g/mol. The van der Waals surface area contributed by atoms with Crippen LogP contribution in [0.2, 0.25) is 0 Å². The predicted octanol–water partition coefficient (Wildman–Crippen LogP) is 2.26. The number of carbonyl (C=O) groups is 2. The Morgan fingerprint density at radius 3 is 2.84 bits per heavy atom. The number of nitrogens with one attached hydrogen (secondary N) is 1. The third kappa shape index (κ3) is 5.42. The molecule has 7 nitrogen and oxygen atoms in total. The van der Waals surface area contributed by atoms with Crippen LogP contribution in [0.5, 0.6) is 11.5 Å². The van der Waals surface area contributed by atoms with Gasteiger partial charge in [-0.2, -0.15) is 0 Å². The summed E-state index contributed by atoms with van der Waals surface area (Å²) in [5, 5.41) is 12.1. The molecule has 1 heterocycles. The maximum absolute atomic E-state index is 11.9. The number of phenols is 1. The lowest BCUT2D eigenvalue weighted by Gasteiger charge is -2.11. The van der Waals surface area contributed by atoms with Crippen molar-refractivity contribution in [1.29, 1.82) is 0 Å². The largest absolute Gasteiger partial charge is 0.504 e. The molecule has 0 saturated carbocycles. The molecule has 0 radical (unpaired) electrons. The molecule has 7 heteroatoms. The second-order valence-corrected chi connectivity index (χ2v) is 5.14. The summed E-state index contributed by atoms with van der Waals surface area (Å²) in [5.41, 5.74) is 0.640. The lowest BCUT2D eigenvalue weighted by atomic mass is 10.2.